The SMILES string of the molecule is CC(=O)N[C@@H]1C(O)C[C@](O)(C(=O)O)OC1[C@H](O)[C@H](O)CO. The van der Waals surface area contributed by atoms with Crippen molar-refractivity contribution in [2.24, 2.45) is 0 Å². The first-order valence-electron chi connectivity index (χ1n) is 6.18. The normalized spacial score (nSPS) is 35.8. The van der Waals surface area contributed by atoms with Crippen molar-refractivity contribution >= 4 is 11.9 Å². The molecule has 0 aliphatic carbocycles. The average molecular weight is 309 g/mol. The molecule has 0 bridgehead atoms. The van der Waals surface area contributed by atoms with Gasteiger partial charge in [-0.3, -0.25) is 4.79 Å². The van der Waals surface area contributed by atoms with E-state index in [9.17, 15) is 30.0 Å². The Bertz CT molecular complexity index is 403. The zero-order valence-electron chi connectivity index (χ0n) is 11.2. The zero-order valence-corrected chi connectivity index (χ0v) is 11.2. The highest BCUT2D eigenvalue weighted by atomic mass is 16.7. The molecule has 0 spiro atoms. The molecule has 1 rings (SSSR count). The van der Waals surface area contributed by atoms with Gasteiger partial charge in [0.1, 0.15) is 18.3 Å². The Morgan fingerprint density at radius 3 is 2.43 bits per heavy atom. The van der Waals surface area contributed by atoms with E-state index in [4.69, 9.17) is 14.9 Å². The van der Waals surface area contributed by atoms with Gasteiger partial charge in [-0.05, 0) is 0 Å². The van der Waals surface area contributed by atoms with Gasteiger partial charge in [0.05, 0.1) is 18.8 Å². The van der Waals surface area contributed by atoms with Crippen LogP contribution in [-0.4, -0.2) is 85.4 Å². The topological polar surface area (TPSA) is 177 Å². The fourth-order valence-electron chi connectivity index (χ4n) is 2.14. The van der Waals surface area contributed by atoms with Crippen LogP contribution in [0.25, 0.3) is 0 Å². The van der Waals surface area contributed by atoms with Crippen molar-refractivity contribution in [1.29, 1.82) is 0 Å². The van der Waals surface area contributed by atoms with E-state index in [0.717, 1.165) is 6.92 Å². The highest BCUT2D eigenvalue weighted by molar-refractivity contribution is 5.76. The number of aliphatic hydroxyl groups excluding tert-OH is 4. The molecule has 1 aliphatic rings. The molecule has 1 heterocycles. The van der Waals surface area contributed by atoms with Crippen LogP contribution in [0.5, 0.6) is 0 Å². The third-order valence-corrected chi connectivity index (χ3v) is 3.21. The van der Waals surface area contributed by atoms with Gasteiger partial charge in [0.25, 0.3) is 5.79 Å². The summed E-state index contributed by atoms with van der Waals surface area (Å²) in [6.07, 6.45) is -7.48. The van der Waals surface area contributed by atoms with Crippen molar-refractivity contribution in [2.45, 2.75) is 49.6 Å². The molecule has 0 aromatic heterocycles. The smallest absolute Gasteiger partial charge is 0.364 e. The molecule has 1 amide bonds. The molecule has 0 radical (unpaired) electrons. The van der Waals surface area contributed by atoms with Crippen molar-refractivity contribution in [1.82, 2.24) is 5.32 Å². The molecule has 2 unspecified atom stereocenters. The van der Waals surface area contributed by atoms with E-state index in [1.54, 1.807) is 0 Å². The highest BCUT2D eigenvalue weighted by Gasteiger charge is 2.53. The first-order valence-corrected chi connectivity index (χ1v) is 6.18. The van der Waals surface area contributed by atoms with Crippen molar-refractivity contribution in [3.63, 3.8) is 0 Å². The second kappa shape index (κ2) is 6.64. The molecule has 10 nitrogen and oxygen atoms in total. The summed E-state index contributed by atoms with van der Waals surface area (Å²) in [6, 6.07) is -1.27. The fourth-order valence-corrected chi connectivity index (χ4v) is 2.14. The van der Waals surface area contributed by atoms with Crippen LogP contribution >= 0.6 is 0 Å². The molecule has 1 saturated heterocycles. The molecule has 0 aromatic rings. The number of nitrogens with one attached hydrogen (secondary N) is 1. The third kappa shape index (κ3) is 3.87. The molecular formula is C11H19NO9. The number of aliphatic hydroxyl groups is 5. The second-order valence-corrected chi connectivity index (χ2v) is 4.91. The lowest BCUT2D eigenvalue weighted by atomic mass is 9.88. The van der Waals surface area contributed by atoms with E-state index in [-0.39, 0.29) is 0 Å². The average Bonchev–Trinajstić information content (AvgIpc) is 2.39. The number of ether oxygens (including phenoxy) is 1. The molecule has 1 aliphatic heterocycles. The predicted octanol–water partition coefficient (Wildman–Crippen LogP) is -3.87. The lowest BCUT2D eigenvalue weighted by Crippen LogP contribution is -2.67. The van der Waals surface area contributed by atoms with Gasteiger partial charge in [-0.25, -0.2) is 4.79 Å². The molecule has 21 heavy (non-hydrogen) atoms. The van der Waals surface area contributed by atoms with Crippen LogP contribution in [0.2, 0.25) is 0 Å². The number of carboxylic acid groups (broad SMARTS) is 1. The van der Waals surface area contributed by atoms with Gasteiger partial charge >= 0.3 is 5.97 Å². The van der Waals surface area contributed by atoms with E-state index in [1.807, 2.05) is 0 Å². The summed E-state index contributed by atoms with van der Waals surface area (Å²) >= 11 is 0. The zero-order chi connectivity index (χ0) is 16.4. The largest absolute Gasteiger partial charge is 0.477 e. The Labute approximate surface area is 119 Å². The number of aliphatic carboxylic acids is 1. The van der Waals surface area contributed by atoms with E-state index < -0.39 is 61.1 Å². The molecule has 6 atom stereocenters. The molecule has 1 fully saturated rings. The Morgan fingerprint density at radius 1 is 1.43 bits per heavy atom. The standard InChI is InChI=1S/C11H19NO9/c1-4(14)12-7-5(15)2-11(20,10(18)19)21-9(7)8(17)6(16)3-13/h5-9,13,15-17,20H,2-3H2,1H3,(H,12,14)(H,18,19)/t5?,6-,7-,8-,9?,11-/m1/s1. The fraction of sp³-hybridized carbons (Fsp3) is 0.818. The summed E-state index contributed by atoms with van der Waals surface area (Å²) in [6.45, 7) is 0.256. The summed E-state index contributed by atoms with van der Waals surface area (Å²) in [7, 11) is 0. The summed E-state index contributed by atoms with van der Waals surface area (Å²) in [5.74, 6) is -5.17. The molecule has 0 saturated carbocycles. The van der Waals surface area contributed by atoms with Gasteiger partial charge in [0.2, 0.25) is 5.91 Å². The maximum absolute atomic E-state index is 11.1. The molecule has 0 aromatic carbocycles. The summed E-state index contributed by atoms with van der Waals surface area (Å²) in [5, 5.41) is 59.0. The maximum Gasteiger partial charge on any atom is 0.364 e. The molecule has 7 N–H and O–H groups in total. The van der Waals surface area contributed by atoms with Crippen LogP contribution in [0.1, 0.15) is 13.3 Å². The van der Waals surface area contributed by atoms with Crippen LogP contribution in [0, 0.1) is 0 Å². The van der Waals surface area contributed by atoms with E-state index in [2.05, 4.69) is 5.32 Å². The van der Waals surface area contributed by atoms with Gasteiger partial charge in [-0.2, -0.15) is 0 Å². The Morgan fingerprint density at radius 2 is 2.00 bits per heavy atom. The minimum absolute atomic E-state index is 0.598. The van der Waals surface area contributed by atoms with Crippen LogP contribution < -0.4 is 5.32 Å². The number of carboxylic acids is 1. The Kier molecular flexibility index (Phi) is 5.61. The Balaban J connectivity index is 3.07. The van der Waals surface area contributed by atoms with E-state index >= 15 is 0 Å². The minimum atomic E-state index is -2.78. The quantitative estimate of drug-likeness (QED) is 0.268. The third-order valence-electron chi connectivity index (χ3n) is 3.21. The Hall–Kier alpha value is -1.30. The number of hydrogen-bond donors (Lipinski definition) is 7. The summed E-state index contributed by atoms with van der Waals surface area (Å²) in [4.78, 5) is 22.1. The lowest BCUT2D eigenvalue weighted by molar-refractivity contribution is -0.295. The lowest BCUT2D eigenvalue weighted by Gasteiger charge is -2.44. The van der Waals surface area contributed by atoms with Crippen molar-refractivity contribution < 1.29 is 45.0 Å². The van der Waals surface area contributed by atoms with Crippen molar-refractivity contribution in [3.05, 3.63) is 0 Å². The van der Waals surface area contributed by atoms with Crippen LogP contribution in [0.15, 0.2) is 0 Å². The highest BCUT2D eigenvalue weighted by Crippen LogP contribution is 2.30. The van der Waals surface area contributed by atoms with Gasteiger partial charge in [-0.1, -0.05) is 0 Å². The van der Waals surface area contributed by atoms with E-state index in [1.165, 1.54) is 0 Å². The summed E-state index contributed by atoms with van der Waals surface area (Å²) < 4.78 is 4.86. The van der Waals surface area contributed by atoms with Gasteiger partial charge in [0, 0.05) is 13.3 Å². The van der Waals surface area contributed by atoms with Gasteiger partial charge in [-0.15, -0.1) is 0 Å². The predicted molar refractivity (Wildman–Crippen MR) is 64.8 cm³/mol. The summed E-state index contributed by atoms with van der Waals surface area (Å²) in [5.41, 5.74) is 0. The van der Waals surface area contributed by atoms with E-state index in [0.29, 0.717) is 0 Å². The van der Waals surface area contributed by atoms with Gasteiger partial charge in [0.15, 0.2) is 0 Å². The van der Waals surface area contributed by atoms with Gasteiger partial charge < -0.3 is 40.7 Å². The maximum atomic E-state index is 11.1. The molecular weight excluding hydrogens is 290 g/mol. The number of rotatable bonds is 5. The van der Waals surface area contributed by atoms with Crippen LogP contribution in [-0.2, 0) is 14.3 Å². The van der Waals surface area contributed by atoms with Crippen molar-refractivity contribution in [2.75, 3.05) is 6.61 Å². The van der Waals surface area contributed by atoms with Crippen LogP contribution in [0.4, 0.5) is 0 Å². The molecule has 122 valence electrons. The van der Waals surface area contributed by atoms with Crippen LogP contribution in [0.3, 0.4) is 0 Å². The second-order valence-electron chi connectivity index (χ2n) is 4.91. The number of hydrogen-bond acceptors (Lipinski definition) is 8. The number of amides is 1. The monoisotopic (exact) mass is 309 g/mol. The first-order chi connectivity index (χ1) is 9.62. The number of carbonyl (C=O) groups excluding carboxylic acids is 1. The minimum Gasteiger partial charge on any atom is -0.477 e. The van der Waals surface area contributed by atoms with Crippen molar-refractivity contribution in [3.8, 4) is 0 Å². The number of carbonyl (C=O) groups is 2. The first kappa shape index (κ1) is 17.8. The molecule has 10 heteroatoms.